The molecule has 0 unspecified atom stereocenters. The number of hydrogen-bond donors (Lipinski definition) is 0. The van der Waals surface area contributed by atoms with Crippen molar-refractivity contribution in [3.63, 3.8) is 0 Å². The van der Waals surface area contributed by atoms with Crippen LogP contribution in [0.3, 0.4) is 0 Å². The van der Waals surface area contributed by atoms with E-state index in [1.165, 1.54) is 21.3 Å². The van der Waals surface area contributed by atoms with Gasteiger partial charge in [0.25, 0.3) is 0 Å². The van der Waals surface area contributed by atoms with Crippen LogP contribution >= 0.6 is 11.6 Å². The summed E-state index contributed by atoms with van der Waals surface area (Å²) in [5.41, 5.74) is -0.0946. The molecular formula is C8H9ClN2O4. The monoisotopic (exact) mass is 232 g/mol. The van der Waals surface area contributed by atoms with Gasteiger partial charge < -0.3 is 14.2 Å². The average molecular weight is 233 g/mol. The molecule has 82 valence electrons. The Balaban J connectivity index is 3.30. The predicted molar refractivity (Wildman–Crippen MR) is 51.5 cm³/mol. The number of esters is 1. The minimum absolute atomic E-state index is 0.00912. The fraction of sp³-hybridized carbons (Fsp3) is 0.375. The Morgan fingerprint density at radius 3 is 2.33 bits per heavy atom. The van der Waals surface area contributed by atoms with E-state index in [2.05, 4.69) is 14.7 Å². The molecule has 1 aromatic rings. The lowest BCUT2D eigenvalue weighted by atomic mass is 10.4. The summed E-state index contributed by atoms with van der Waals surface area (Å²) in [6.45, 7) is 0. The van der Waals surface area contributed by atoms with Gasteiger partial charge in [-0.15, -0.1) is 0 Å². The molecule has 15 heavy (non-hydrogen) atoms. The van der Waals surface area contributed by atoms with Crippen LogP contribution in [0, 0.1) is 0 Å². The van der Waals surface area contributed by atoms with E-state index in [0.29, 0.717) is 0 Å². The third-order valence-electron chi connectivity index (χ3n) is 1.55. The highest BCUT2D eigenvalue weighted by atomic mass is 35.5. The van der Waals surface area contributed by atoms with Crippen LogP contribution in [0.4, 0.5) is 0 Å². The highest BCUT2D eigenvalue weighted by Gasteiger charge is 2.20. The minimum atomic E-state index is -0.681. The Bertz CT molecular complexity index is 383. The molecule has 1 rings (SSSR count). The van der Waals surface area contributed by atoms with E-state index in [4.69, 9.17) is 21.1 Å². The molecule has 0 amide bonds. The average Bonchev–Trinajstić information content (AvgIpc) is 2.28. The van der Waals surface area contributed by atoms with Gasteiger partial charge in [0, 0.05) is 0 Å². The molecule has 0 N–H and O–H groups in total. The third-order valence-corrected chi connectivity index (χ3v) is 1.90. The summed E-state index contributed by atoms with van der Waals surface area (Å²) >= 11 is 5.81. The van der Waals surface area contributed by atoms with E-state index >= 15 is 0 Å². The zero-order valence-electron chi connectivity index (χ0n) is 8.41. The highest BCUT2D eigenvalue weighted by molar-refractivity contribution is 6.34. The lowest BCUT2D eigenvalue weighted by Crippen LogP contribution is -2.09. The predicted octanol–water partition coefficient (Wildman–Crippen LogP) is 0.934. The topological polar surface area (TPSA) is 70.5 Å². The largest absolute Gasteiger partial charge is 0.480 e. The van der Waals surface area contributed by atoms with Gasteiger partial charge >= 0.3 is 12.0 Å². The molecule has 6 nitrogen and oxygen atoms in total. The number of hydrogen-bond acceptors (Lipinski definition) is 6. The van der Waals surface area contributed by atoms with Crippen molar-refractivity contribution in [1.82, 2.24) is 9.97 Å². The summed E-state index contributed by atoms with van der Waals surface area (Å²) in [6, 6.07) is -0.0170. The van der Waals surface area contributed by atoms with Crippen molar-refractivity contribution in [2.75, 3.05) is 21.3 Å². The van der Waals surface area contributed by atoms with Crippen LogP contribution in [0.15, 0.2) is 0 Å². The van der Waals surface area contributed by atoms with E-state index in [9.17, 15) is 4.79 Å². The Kier molecular flexibility index (Phi) is 3.68. The maximum absolute atomic E-state index is 11.3. The van der Waals surface area contributed by atoms with E-state index in [0.717, 1.165) is 0 Å². The normalized spacial score (nSPS) is 9.60. The molecule has 0 aliphatic carbocycles. The van der Waals surface area contributed by atoms with E-state index in [-0.39, 0.29) is 22.6 Å². The third kappa shape index (κ3) is 2.27. The Labute approximate surface area is 91.1 Å². The van der Waals surface area contributed by atoms with Gasteiger partial charge in [0.1, 0.15) is 5.02 Å². The van der Waals surface area contributed by atoms with Crippen molar-refractivity contribution in [3.8, 4) is 11.9 Å². The lowest BCUT2D eigenvalue weighted by molar-refractivity contribution is 0.0592. The fourth-order valence-electron chi connectivity index (χ4n) is 0.865. The van der Waals surface area contributed by atoms with E-state index < -0.39 is 5.97 Å². The molecule has 0 radical (unpaired) electrons. The maximum atomic E-state index is 11.3. The second-order valence-electron chi connectivity index (χ2n) is 2.37. The number of rotatable bonds is 3. The maximum Gasteiger partial charge on any atom is 0.358 e. The summed E-state index contributed by atoms with van der Waals surface area (Å²) in [4.78, 5) is 18.8. The molecule has 1 heterocycles. The van der Waals surface area contributed by atoms with Crippen molar-refractivity contribution in [2.24, 2.45) is 0 Å². The SMILES string of the molecule is COC(=O)c1nc(OC)nc(OC)c1Cl. The van der Waals surface area contributed by atoms with Crippen LogP contribution < -0.4 is 9.47 Å². The molecule has 0 aliphatic rings. The van der Waals surface area contributed by atoms with Gasteiger partial charge in [-0.25, -0.2) is 4.79 Å². The Morgan fingerprint density at radius 1 is 1.20 bits per heavy atom. The van der Waals surface area contributed by atoms with Crippen molar-refractivity contribution >= 4 is 17.6 Å². The molecule has 0 atom stereocenters. The van der Waals surface area contributed by atoms with Crippen molar-refractivity contribution < 1.29 is 19.0 Å². The number of ether oxygens (including phenoxy) is 3. The second-order valence-corrected chi connectivity index (χ2v) is 2.75. The quantitative estimate of drug-likeness (QED) is 0.722. The number of carbonyl (C=O) groups is 1. The van der Waals surface area contributed by atoms with Gasteiger partial charge in [-0.05, 0) is 0 Å². The van der Waals surface area contributed by atoms with E-state index in [1.54, 1.807) is 0 Å². The van der Waals surface area contributed by atoms with Crippen LogP contribution in [-0.2, 0) is 4.74 Å². The molecule has 0 fully saturated rings. The molecule has 0 saturated heterocycles. The summed E-state index contributed by atoms with van der Waals surface area (Å²) < 4.78 is 14.1. The lowest BCUT2D eigenvalue weighted by Gasteiger charge is -2.07. The molecule has 0 spiro atoms. The van der Waals surface area contributed by atoms with Gasteiger partial charge in [-0.2, -0.15) is 9.97 Å². The van der Waals surface area contributed by atoms with Gasteiger partial charge in [0.05, 0.1) is 21.3 Å². The molecule has 0 bridgehead atoms. The molecule has 0 aliphatic heterocycles. The summed E-state index contributed by atoms with van der Waals surface area (Å²) in [5, 5.41) is -0.00912. The van der Waals surface area contributed by atoms with Gasteiger partial charge in [0.15, 0.2) is 5.69 Å². The number of nitrogens with zero attached hydrogens (tertiary/aromatic N) is 2. The number of carbonyl (C=O) groups excluding carboxylic acids is 1. The zero-order chi connectivity index (χ0) is 11.4. The Morgan fingerprint density at radius 2 is 1.87 bits per heavy atom. The molecule has 0 saturated carbocycles. The molecule has 0 aromatic carbocycles. The fourth-order valence-corrected chi connectivity index (χ4v) is 1.10. The highest BCUT2D eigenvalue weighted by Crippen LogP contribution is 2.27. The summed E-state index contributed by atoms with van der Waals surface area (Å²) in [5.74, 6) is -0.622. The first kappa shape index (κ1) is 11.5. The number of aromatic nitrogens is 2. The molecule has 1 aromatic heterocycles. The standard InChI is InChI=1S/C8H9ClN2O4/c1-13-6-4(9)5(7(12)14-2)10-8(11-6)15-3/h1-3H3. The van der Waals surface area contributed by atoms with Crippen molar-refractivity contribution in [2.45, 2.75) is 0 Å². The van der Waals surface area contributed by atoms with Crippen LogP contribution in [-0.4, -0.2) is 37.3 Å². The number of halogens is 1. The summed E-state index contributed by atoms with van der Waals surface area (Å²) in [7, 11) is 3.96. The van der Waals surface area contributed by atoms with Gasteiger partial charge in [0.2, 0.25) is 5.88 Å². The van der Waals surface area contributed by atoms with Crippen LogP contribution in [0.5, 0.6) is 11.9 Å². The minimum Gasteiger partial charge on any atom is -0.480 e. The zero-order valence-corrected chi connectivity index (χ0v) is 9.16. The second kappa shape index (κ2) is 4.79. The first-order chi connectivity index (χ1) is 7.13. The van der Waals surface area contributed by atoms with Gasteiger partial charge in [-0.1, -0.05) is 11.6 Å². The summed E-state index contributed by atoms with van der Waals surface area (Å²) in [6.07, 6.45) is 0. The Hall–Kier alpha value is -1.56. The first-order valence-electron chi connectivity index (χ1n) is 3.87. The van der Waals surface area contributed by atoms with Crippen molar-refractivity contribution in [1.29, 1.82) is 0 Å². The number of methoxy groups -OCH3 is 3. The van der Waals surface area contributed by atoms with Crippen LogP contribution in [0.2, 0.25) is 5.02 Å². The molecular weight excluding hydrogens is 224 g/mol. The van der Waals surface area contributed by atoms with Crippen molar-refractivity contribution in [3.05, 3.63) is 10.7 Å². The molecule has 7 heteroatoms. The smallest absolute Gasteiger partial charge is 0.358 e. The van der Waals surface area contributed by atoms with Crippen LogP contribution in [0.25, 0.3) is 0 Å². The van der Waals surface area contributed by atoms with Crippen LogP contribution in [0.1, 0.15) is 10.5 Å². The van der Waals surface area contributed by atoms with E-state index in [1.807, 2.05) is 0 Å². The first-order valence-corrected chi connectivity index (χ1v) is 4.25. The van der Waals surface area contributed by atoms with Gasteiger partial charge in [-0.3, -0.25) is 0 Å².